The maximum Gasteiger partial charge on any atom is 0.417 e. The van der Waals surface area contributed by atoms with Gasteiger partial charge in [0.1, 0.15) is 12.1 Å². The Labute approximate surface area is 176 Å². The van der Waals surface area contributed by atoms with Crippen LogP contribution in [0, 0.1) is 0 Å². The fourth-order valence-corrected chi connectivity index (χ4v) is 5.14. The molecule has 1 aromatic heterocycles. The molecule has 0 aromatic carbocycles. The molecule has 0 radical (unpaired) electrons. The number of rotatable bonds is 4. The Morgan fingerprint density at radius 3 is 2.53 bits per heavy atom. The monoisotopic (exact) mass is 438 g/mol. The summed E-state index contributed by atoms with van der Waals surface area (Å²) in [5.41, 5.74) is 13.7. The smallest absolute Gasteiger partial charge is 0.417 e. The van der Waals surface area contributed by atoms with Crippen LogP contribution in [0.1, 0.15) is 38.8 Å². The lowest BCUT2D eigenvalue weighted by Crippen LogP contribution is -2.71. The van der Waals surface area contributed by atoms with Crippen LogP contribution >= 0.6 is 11.3 Å². The number of aromatic nitrogens is 1. The summed E-state index contributed by atoms with van der Waals surface area (Å²) in [4.78, 5) is 68.9. The molecule has 0 spiro atoms. The van der Waals surface area contributed by atoms with Crippen molar-refractivity contribution in [2.45, 2.75) is 57.3 Å². The molecule has 4 N–H and O–H groups in total. The molecule has 162 valence electrons. The summed E-state index contributed by atoms with van der Waals surface area (Å²) < 4.78 is 4.09. The second-order valence-corrected chi connectivity index (χ2v) is 8.35. The Kier molecular flexibility index (Phi) is 5.76. The van der Waals surface area contributed by atoms with E-state index < -0.39 is 64.4 Å². The number of quaternary nitrogens is 1. The minimum atomic E-state index is -1.38. The Bertz CT molecular complexity index is 903. The fraction of sp³-hybridized carbons (Fsp3) is 0.556. The van der Waals surface area contributed by atoms with Crippen molar-refractivity contribution < 1.29 is 33.2 Å². The Balaban J connectivity index is 2.16. The van der Waals surface area contributed by atoms with Gasteiger partial charge < -0.3 is 16.2 Å². The summed E-state index contributed by atoms with van der Waals surface area (Å²) in [5, 5.41) is 1.73. The van der Waals surface area contributed by atoms with Crippen molar-refractivity contribution in [3.05, 3.63) is 16.6 Å². The first-order chi connectivity index (χ1) is 14.0. The lowest BCUT2D eigenvalue weighted by Gasteiger charge is -2.38. The van der Waals surface area contributed by atoms with Crippen molar-refractivity contribution >= 4 is 41.1 Å². The van der Waals surface area contributed by atoms with Gasteiger partial charge in [-0.25, -0.2) is 24.3 Å². The number of carbonyl (C=O) groups excluding carboxylic acids is 5. The number of nitrogens with two attached hydrogens (primary N) is 2. The summed E-state index contributed by atoms with van der Waals surface area (Å²) in [7, 11) is 0. The van der Waals surface area contributed by atoms with E-state index in [4.69, 9.17) is 16.2 Å². The van der Waals surface area contributed by atoms with E-state index in [1.54, 1.807) is 10.9 Å². The molecule has 2 saturated heterocycles. The number of ether oxygens (including phenoxy) is 1. The molecule has 3 heterocycles. The second-order valence-electron chi connectivity index (χ2n) is 7.64. The number of imide groups is 2. The van der Waals surface area contributed by atoms with Crippen LogP contribution in [0.25, 0.3) is 0 Å². The Morgan fingerprint density at radius 2 is 2.03 bits per heavy atom. The average molecular weight is 438 g/mol. The van der Waals surface area contributed by atoms with Crippen LogP contribution in [0.2, 0.25) is 0 Å². The molecule has 1 aromatic rings. The van der Waals surface area contributed by atoms with Crippen molar-refractivity contribution in [1.82, 2.24) is 9.88 Å². The van der Waals surface area contributed by atoms with Gasteiger partial charge in [-0.15, -0.1) is 11.3 Å². The van der Waals surface area contributed by atoms with Crippen LogP contribution in [0.15, 0.2) is 10.9 Å². The summed E-state index contributed by atoms with van der Waals surface area (Å²) in [6.45, 7) is 3.92. The summed E-state index contributed by atoms with van der Waals surface area (Å²) in [6.07, 6.45) is -1.71. The van der Waals surface area contributed by atoms with Crippen molar-refractivity contribution in [2.75, 3.05) is 6.54 Å². The molecule has 0 bridgehead atoms. The van der Waals surface area contributed by atoms with Crippen LogP contribution in [-0.4, -0.2) is 74.9 Å². The molecule has 12 heteroatoms. The highest BCUT2D eigenvalue weighted by Gasteiger charge is 2.66. The quantitative estimate of drug-likeness (QED) is 0.592. The molecule has 0 aliphatic carbocycles. The number of thiazole rings is 1. The molecule has 0 saturated carbocycles. The van der Waals surface area contributed by atoms with E-state index in [0.717, 1.165) is 6.92 Å². The van der Waals surface area contributed by atoms with Gasteiger partial charge in [0.25, 0.3) is 5.91 Å². The highest BCUT2D eigenvalue weighted by Crippen LogP contribution is 2.41. The number of carbonyl (C=O) groups is 5. The lowest BCUT2D eigenvalue weighted by molar-refractivity contribution is -0.784. The number of primary amides is 1. The third-order valence-corrected chi connectivity index (χ3v) is 6.35. The summed E-state index contributed by atoms with van der Waals surface area (Å²) in [5.74, 6) is -3.68. The zero-order valence-electron chi connectivity index (χ0n) is 16.8. The van der Waals surface area contributed by atoms with Gasteiger partial charge >= 0.3 is 17.9 Å². The van der Waals surface area contributed by atoms with E-state index in [2.05, 4.69) is 4.98 Å². The number of cyclic esters (lactones) is 1. The average Bonchev–Trinajstić information content (AvgIpc) is 3.36. The van der Waals surface area contributed by atoms with Crippen molar-refractivity contribution in [3.63, 3.8) is 0 Å². The van der Waals surface area contributed by atoms with Crippen molar-refractivity contribution in [1.29, 1.82) is 0 Å². The van der Waals surface area contributed by atoms with Crippen LogP contribution in [0.3, 0.4) is 0 Å². The predicted molar refractivity (Wildman–Crippen MR) is 103 cm³/mol. The predicted octanol–water partition coefficient (Wildman–Crippen LogP) is -0.543. The van der Waals surface area contributed by atoms with Crippen LogP contribution in [-0.2, 0) is 23.9 Å². The molecule has 2 aliphatic heterocycles. The first-order valence-electron chi connectivity index (χ1n) is 9.44. The van der Waals surface area contributed by atoms with Gasteiger partial charge in [-0.05, 0) is 13.8 Å². The van der Waals surface area contributed by atoms with Crippen molar-refractivity contribution in [3.8, 4) is 0 Å². The zero-order chi connectivity index (χ0) is 22.4. The van der Waals surface area contributed by atoms with Crippen LogP contribution in [0.5, 0.6) is 0 Å². The van der Waals surface area contributed by atoms with Gasteiger partial charge in [0.05, 0.1) is 23.7 Å². The number of hydrogen-bond acceptors (Lipinski definition) is 9. The van der Waals surface area contributed by atoms with E-state index in [1.165, 1.54) is 25.2 Å². The maximum absolute atomic E-state index is 13.9. The number of nitrogens with zero attached hydrogens (tertiary/aromatic N) is 3. The minimum Gasteiger partial charge on any atom is -0.443 e. The molecule has 2 fully saturated rings. The second kappa shape index (κ2) is 7.85. The molecule has 2 aliphatic rings. The summed E-state index contributed by atoms with van der Waals surface area (Å²) in [6, 6.07) is -3.74. The largest absolute Gasteiger partial charge is 0.443 e. The molecule has 30 heavy (non-hydrogen) atoms. The van der Waals surface area contributed by atoms with Gasteiger partial charge in [0.15, 0.2) is 12.1 Å². The topological polar surface area (TPSA) is 163 Å². The van der Waals surface area contributed by atoms with Gasteiger partial charge in [-0.2, -0.15) is 4.48 Å². The molecule has 2 unspecified atom stereocenters. The SMILES string of the molecule is CC(=O)N1C(=O)OC(C)C1C(=O)[N@@+]1(C(=O)[C@H](C)N)CC[C@H](c2cscn2)[C@H]1C(N)=O. The third-order valence-electron chi connectivity index (χ3n) is 5.75. The Hall–Kier alpha value is -2.70. The molecular formula is C18H24N5O6S+. The molecule has 6 atom stereocenters. The Morgan fingerprint density at radius 1 is 1.37 bits per heavy atom. The number of likely N-dealkylation sites (tertiary alicyclic amines) is 1. The van der Waals surface area contributed by atoms with E-state index in [0.29, 0.717) is 10.6 Å². The van der Waals surface area contributed by atoms with Crippen LogP contribution < -0.4 is 11.5 Å². The molecular weight excluding hydrogens is 414 g/mol. The standard InChI is InChI=1S/C18H23N5O6S/c1-8(19)16(26)23(17(27)13-9(2)29-18(28)22(13)10(3)24)5-4-11(14(23)15(20)25)12-6-30-7-21-12/h6-9,11,13-14H,4-5,19H2,1-3H3,(H-,20,25)/p+1/t8-,9?,11+,13?,14-,23-/m0/s1. The normalized spacial score (nSPS) is 32.0. The molecule has 3 rings (SSSR count). The molecule has 5 amide bonds. The highest BCUT2D eigenvalue weighted by molar-refractivity contribution is 7.07. The first kappa shape index (κ1) is 22.0. The highest BCUT2D eigenvalue weighted by atomic mass is 32.1. The third kappa shape index (κ3) is 3.20. The van der Waals surface area contributed by atoms with Gasteiger partial charge in [0, 0.05) is 18.7 Å². The van der Waals surface area contributed by atoms with Crippen molar-refractivity contribution in [2.24, 2.45) is 11.5 Å². The number of hydrogen-bond donors (Lipinski definition) is 2. The van der Waals surface area contributed by atoms with E-state index >= 15 is 0 Å². The molecule has 11 nitrogen and oxygen atoms in total. The minimum absolute atomic E-state index is 0.0574. The van der Waals surface area contributed by atoms with E-state index in [-0.39, 0.29) is 13.0 Å². The van der Waals surface area contributed by atoms with Gasteiger partial charge in [-0.1, -0.05) is 0 Å². The lowest BCUT2D eigenvalue weighted by atomic mass is 9.94. The fourth-order valence-electron chi connectivity index (χ4n) is 4.52. The van der Waals surface area contributed by atoms with Crippen LogP contribution in [0.4, 0.5) is 4.79 Å². The van der Waals surface area contributed by atoms with E-state index in [9.17, 15) is 24.0 Å². The maximum atomic E-state index is 13.9. The number of amides is 5. The van der Waals surface area contributed by atoms with E-state index in [1.807, 2.05) is 0 Å². The summed E-state index contributed by atoms with van der Waals surface area (Å²) >= 11 is 1.31. The van der Waals surface area contributed by atoms with Gasteiger partial charge in [-0.3, -0.25) is 9.59 Å². The van der Waals surface area contributed by atoms with Gasteiger partial charge in [0.2, 0.25) is 5.91 Å². The first-order valence-corrected chi connectivity index (χ1v) is 10.4. The zero-order valence-corrected chi connectivity index (χ0v) is 17.6.